The molecule has 102 valence electrons. The molecule has 0 amide bonds. The van der Waals surface area contributed by atoms with Crippen molar-refractivity contribution >= 4 is 9.84 Å². The van der Waals surface area contributed by atoms with Gasteiger partial charge in [0.25, 0.3) is 0 Å². The number of hydrogen-bond acceptors (Lipinski definition) is 3. The minimum atomic E-state index is -2.96. The van der Waals surface area contributed by atoms with Gasteiger partial charge >= 0.3 is 0 Å². The van der Waals surface area contributed by atoms with Crippen molar-refractivity contribution in [3.8, 4) is 0 Å². The van der Waals surface area contributed by atoms with Crippen molar-refractivity contribution in [1.82, 2.24) is 5.32 Å². The number of hydrogen-bond donors (Lipinski definition) is 1. The Labute approximate surface area is 106 Å². The Balaban J connectivity index is 2.83. The summed E-state index contributed by atoms with van der Waals surface area (Å²) in [6.45, 7) is 7.75. The molecular weight excluding hydrogens is 234 g/mol. The van der Waals surface area contributed by atoms with Gasteiger partial charge in [0.15, 0.2) is 9.84 Å². The van der Waals surface area contributed by atoms with Crippen LogP contribution in [0.3, 0.4) is 0 Å². The quantitative estimate of drug-likeness (QED) is 0.827. The third-order valence-electron chi connectivity index (χ3n) is 3.60. The van der Waals surface area contributed by atoms with E-state index >= 15 is 0 Å². The standard InChI is InChI=1S/C13H27NO2S/c1-11(2)14-13(8-6-5-7-9-13)10-17(15,16)12(3)4/h11-12,14H,5-10H2,1-4H3. The van der Waals surface area contributed by atoms with Crippen LogP contribution in [0.5, 0.6) is 0 Å². The molecule has 0 heterocycles. The summed E-state index contributed by atoms with van der Waals surface area (Å²) >= 11 is 0. The first-order chi connectivity index (χ1) is 7.77. The SMILES string of the molecule is CC(C)NC1(CS(=O)(=O)C(C)C)CCCCC1. The van der Waals surface area contributed by atoms with Crippen molar-refractivity contribution in [2.45, 2.75) is 76.6 Å². The second-order valence-electron chi connectivity index (χ2n) is 6.00. The molecular formula is C13H27NO2S. The van der Waals surface area contributed by atoms with Crippen molar-refractivity contribution < 1.29 is 8.42 Å². The molecule has 1 fully saturated rings. The second kappa shape index (κ2) is 5.70. The van der Waals surface area contributed by atoms with E-state index in [1.54, 1.807) is 13.8 Å². The number of nitrogens with one attached hydrogen (secondary N) is 1. The van der Waals surface area contributed by atoms with Crippen LogP contribution in [-0.2, 0) is 9.84 Å². The summed E-state index contributed by atoms with van der Waals surface area (Å²) in [5, 5.41) is 3.26. The normalized spacial score (nSPS) is 21.1. The molecule has 0 saturated heterocycles. The highest BCUT2D eigenvalue weighted by atomic mass is 32.2. The first-order valence-electron chi connectivity index (χ1n) is 6.77. The van der Waals surface area contributed by atoms with E-state index in [0.29, 0.717) is 11.8 Å². The van der Waals surface area contributed by atoms with Gasteiger partial charge in [-0.15, -0.1) is 0 Å². The molecule has 0 aromatic heterocycles. The van der Waals surface area contributed by atoms with Gasteiger partial charge in [0.05, 0.1) is 11.0 Å². The van der Waals surface area contributed by atoms with Gasteiger partial charge in [0.2, 0.25) is 0 Å². The molecule has 1 rings (SSSR count). The number of sulfone groups is 1. The molecule has 1 aliphatic rings. The molecule has 0 aromatic rings. The summed E-state index contributed by atoms with van der Waals surface area (Å²) in [7, 11) is -2.96. The number of rotatable bonds is 5. The summed E-state index contributed by atoms with van der Waals surface area (Å²) in [4.78, 5) is 0. The third-order valence-corrected chi connectivity index (χ3v) is 5.99. The Bertz CT molecular complexity index is 327. The molecule has 3 nitrogen and oxygen atoms in total. The molecule has 0 radical (unpaired) electrons. The van der Waals surface area contributed by atoms with E-state index < -0.39 is 9.84 Å². The van der Waals surface area contributed by atoms with Gasteiger partial charge in [0, 0.05) is 11.6 Å². The monoisotopic (exact) mass is 261 g/mol. The van der Waals surface area contributed by atoms with Crippen LogP contribution in [0.25, 0.3) is 0 Å². The van der Waals surface area contributed by atoms with Crippen LogP contribution in [0.4, 0.5) is 0 Å². The fraction of sp³-hybridized carbons (Fsp3) is 1.00. The van der Waals surface area contributed by atoms with Gasteiger partial charge in [-0.05, 0) is 26.7 Å². The van der Waals surface area contributed by atoms with Gasteiger partial charge < -0.3 is 5.32 Å². The third kappa shape index (κ3) is 4.25. The summed E-state index contributed by atoms with van der Waals surface area (Å²) in [5.41, 5.74) is -0.171. The van der Waals surface area contributed by atoms with E-state index in [0.717, 1.165) is 25.7 Å². The Morgan fingerprint density at radius 2 is 1.59 bits per heavy atom. The molecule has 1 saturated carbocycles. The highest BCUT2D eigenvalue weighted by Crippen LogP contribution is 2.31. The van der Waals surface area contributed by atoms with E-state index in [2.05, 4.69) is 19.2 Å². The summed E-state index contributed by atoms with van der Waals surface area (Å²) in [6, 6.07) is 0.343. The molecule has 0 spiro atoms. The first-order valence-corrected chi connectivity index (χ1v) is 8.48. The average Bonchev–Trinajstić information content (AvgIpc) is 2.16. The largest absolute Gasteiger partial charge is 0.308 e. The van der Waals surface area contributed by atoms with E-state index in [-0.39, 0.29) is 10.8 Å². The van der Waals surface area contributed by atoms with Gasteiger partial charge in [-0.2, -0.15) is 0 Å². The molecule has 0 bridgehead atoms. The zero-order valence-electron chi connectivity index (χ0n) is 11.6. The molecule has 0 unspecified atom stereocenters. The van der Waals surface area contributed by atoms with E-state index in [9.17, 15) is 8.42 Å². The zero-order valence-corrected chi connectivity index (χ0v) is 12.4. The van der Waals surface area contributed by atoms with Crippen molar-refractivity contribution in [3.05, 3.63) is 0 Å². The first kappa shape index (κ1) is 15.0. The molecule has 17 heavy (non-hydrogen) atoms. The van der Waals surface area contributed by atoms with Crippen LogP contribution < -0.4 is 5.32 Å². The van der Waals surface area contributed by atoms with Crippen molar-refractivity contribution in [2.24, 2.45) is 0 Å². The predicted molar refractivity (Wildman–Crippen MR) is 73.0 cm³/mol. The van der Waals surface area contributed by atoms with Gasteiger partial charge in [-0.1, -0.05) is 33.1 Å². The lowest BCUT2D eigenvalue weighted by atomic mass is 9.82. The molecule has 0 aliphatic heterocycles. The Morgan fingerprint density at radius 3 is 2.00 bits per heavy atom. The van der Waals surface area contributed by atoms with Crippen LogP contribution in [0, 0.1) is 0 Å². The molecule has 4 heteroatoms. The summed E-state index contributed by atoms with van der Waals surface area (Å²) in [6.07, 6.45) is 5.53. The van der Waals surface area contributed by atoms with Crippen LogP contribution in [0.2, 0.25) is 0 Å². The Hall–Kier alpha value is -0.0900. The highest BCUT2D eigenvalue weighted by molar-refractivity contribution is 7.92. The van der Waals surface area contributed by atoms with Crippen molar-refractivity contribution in [2.75, 3.05) is 5.75 Å². The lowest BCUT2D eigenvalue weighted by Crippen LogP contribution is -2.55. The molecule has 0 aromatic carbocycles. The second-order valence-corrected chi connectivity index (χ2v) is 8.55. The van der Waals surface area contributed by atoms with E-state index in [1.807, 2.05) is 0 Å². The molecule has 1 aliphatic carbocycles. The topological polar surface area (TPSA) is 46.2 Å². The lowest BCUT2D eigenvalue weighted by Gasteiger charge is -2.40. The Morgan fingerprint density at radius 1 is 1.06 bits per heavy atom. The summed E-state index contributed by atoms with van der Waals surface area (Å²) in [5.74, 6) is 0.301. The van der Waals surface area contributed by atoms with Crippen molar-refractivity contribution in [3.63, 3.8) is 0 Å². The fourth-order valence-corrected chi connectivity index (χ4v) is 4.20. The maximum Gasteiger partial charge on any atom is 0.154 e. The Kier molecular flexibility index (Phi) is 5.02. The maximum atomic E-state index is 12.1. The van der Waals surface area contributed by atoms with Gasteiger partial charge in [-0.25, -0.2) is 8.42 Å². The predicted octanol–water partition coefficient (Wildman–Crippen LogP) is 2.51. The lowest BCUT2D eigenvalue weighted by molar-refractivity contribution is 0.240. The minimum Gasteiger partial charge on any atom is -0.308 e. The van der Waals surface area contributed by atoms with Crippen LogP contribution in [0.1, 0.15) is 59.8 Å². The van der Waals surface area contributed by atoms with Crippen molar-refractivity contribution in [1.29, 1.82) is 0 Å². The van der Waals surface area contributed by atoms with E-state index in [1.165, 1.54) is 6.42 Å². The summed E-state index contributed by atoms with van der Waals surface area (Å²) < 4.78 is 24.3. The minimum absolute atomic E-state index is 0.171. The molecule has 0 atom stereocenters. The van der Waals surface area contributed by atoms with Crippen LogP contribution in [-0.4, -0.2) is 31.0 Å². The van der Waals surface area contributed by atoms with Crippen LogP contribution >= 0.6 is 0 Å². The zero-order chi connectivity index (χ0) is 13.1. The van der Waals surface area contributed by atoms with Gasteiger partial charge in [-0.3, -0.25) is 0 Å². The molecule has 1 N–H and O–H groups in total. The highest BCUT2D eigenvalue weighted by Gasteiger charge is 2.37. The van der Waals surface area contributed by atoms with Crippen LogP contribution in [0.15, 0.2) is 0 Å². The average molecular weight is 261 g/mol. The fourth-order valence-electron chi connectivity index (χ4n) is 2.72. The van der Waals surface area contributed by atoms with Gasteiger partial charge in [0.1, 0.15) is 0 Å². The maximum absolute atomic E-state index is 12.1. The smallest absolute Gasteiger partial charge is 0.154 e. The van der Waals surface area contributed by atoms with E-state index in [4.69, 9.17) is 0 Å².